The number of aryl methyl sites for hydroxylation is 1. The minimum Gasteiger partial charge on any atom is -0.481 e. The van der Waals surface area contributed by atoms with Crippen LogP contribution in [0.4, 0.5) is 5.69 Å². The fraction of sp³-hybridized carbons (Fsp3) is 0.464. The molecule has 3 aromatic rings. The Labute approximate surface area is 205 Å². The summed E-state index contributed by atoms with van der Waals surface area (Å²) in [5.41, 5.74) is 5.47. The van der Waals surface area contributed by atoms with Gasteiger partial charge in [0.2, 0.25) is 5.91 Å². The lowest BCUT2D eigenvalue weighted by Gasteiger charge is -2.31. The van der Waals surface area contributed by atoms with Crippen LogP contribution < -0.4 is 10.6 Å². The molecule has 2 heterocycles. The van der Waals surface area contributed by atoms with Gasteiger partial charge in [0.15, 0.2) is 0 Å². The van der Waals surface area contributed by atoms with Gasteiger partial charge in [-0.3, -0.25) is 9.59 Å². The van der Waals surface area contributed by atoms with Gasteiger partial charge in [0.25, 0.3) is 0 Å². The van der Waals surface area contributed by atoms with E-state index in [1.165, 1.54) is 5.56 Å². The summed E-state index contributed by atoms with van der Waals surface area (Å²) in [5, 5.41) is 16.5. The van der Waals surface area contributed by atoms with Crippen LogP contribution in [-0.2, 0) is 22.4 Å². The zero-order valence-electron chi connectivity index (χ0n) is 20.5. The third kappa shape index (κ3) is 4.77. The van der Waals surface area contributed by atoms with E-state index in [1.807, 2.05) is 18.2 Å². The van der Waals surface area contributed by atoms with Crippen LogP contribution in [0.15, 0.2) is 42.5 Å². The van der Waals surface area contributed by atoms with Crippen molar-refractivity contribution in [3.63, 3.8) is 0 Å². The van der Waals surface area contributed by atoms with Crippen molar-refractivity contribution in [3.8, 4) is 0 Å². The Bertz CT molecular complexity index is 1240. The Hall–Kier alpha value is -3.35. The van der Waals surface area contributed by atoms with Crippen molar-refractivity contribution < 1.29 is 14.7 Å². The van der Waals surface area contributed by atoms with E-state index in [0.29, 0.717) is 25.3 Å². The molecule has 1 fully saturated rings. The van der Waals surface area contributed by atoms with Crippen LogP contribution in [0.1, 0.15) is 75.0 Å². The number of imidazole rings is 1. The molecule has 0 radical (unpaired) electrons. The number of anilines is 1. The van der Waals surface area contributed by atoms with Crippen LogP contribution in [0, 0.1) is 5.92 Å². The Morgan fingerprint density at radius 1 is 1.17 bits per heavy atom. The van der Waals surface area contributed by atoms with Crippen molar-refractivity contribution in [2.45, 2.75) is 76.9 Å². The number of carboxylic acid groups (broad SMARTS) is 1. The van der Waals surface area contributed by atoms with Crippen molar-refractivity contribution in [1.29, 1.82) is 0 Å². The van der Waals surface area contributed by atoms with E-state index in [4.69, 9.17) is 4.98 Å². The predicted octanol–water partition coefficient (Wildman–Crippen LogP) is 5.02. The first-order chi connectivity index (χ1) is 16.9. The van der Waals surface area contributed by atoms with Gasteiger partial charge in [0.05, 0.1) is 23.0 Å². The molecule has 3 N–H and O–H groups in total. The molecule has 1 aromatic heterocycles. The first-order valence-electron chi connectivity index (χ1n) is 12.7. The Morgan fingerprint density at radius 2 is 1.97 bits per heavy atom. The Balaban J connectivity index is 1.66. The highest BCUT2D eigenvalue weighted by Gasteiger charge is 2.33. The molecule has 184 valence electrons. The molecule has 1 aliphatic carbocycles. The molecular formula is C28H34N4O3. The van der Waals surface area contributed by atoms with Crippen molar-refractivity contribution in [2.75, 3.05) is 5.32 Å². The lowest BCUT2D eigenvalue weighted by atomic mass is 9.85. The van der Waals surface area contributed by atoms with Gasteiger partial charge in [-0.15, -0.1) is 0 Å². The van der Waals surface area contributed by atoms with Gasteiger partial charge in [0, 0.05) is 30.3 Å². The lowest BCUT2D eigenvalue weighted by Crippen LogP contribution is -2.32. The molecular weight excluding hydrogens is 440 g/mol. The molecule has 0 spiro atoms. The van der Waals surface area contributed by atoms with Gasteiger partial charge in [0.1, 0.15) is 5.82 Å². The lowest BCUT2D eigenvalue weighted by molar-refractivity contribution is -0.143. The number of benzene rings is 2. The topological polar surface area (TPSA) is 96.2 Å². The van der Waals surface area contributed by atoms with Crippen molar-refractivity contribution >= 4 is 28.6 Å². The summed E-state index contributed by atoms with van der Waals surface area (Å²) in [5.74, 6) is -0.359. The van der Waals surface area contributed by atoms with Gasteiger partial charge in [-0.1, -0.05) is 36.8 Å². The summed E-state index contributed by atoms with van der Waals surface area (Å²) >= 11 is 0. The molecule has 2 aromatic carbocycles. The number of carbonyl (C=O) groups excluding carboxylic acids is 1. The smallest absolute Gasteiger partial charge is 0.306 e. The first-order valence-corrected chi connectivity index (χ1v) is 12.7. The Morgan fingerprint density at radius 3 is 2.71 bits per heavy atom. The van der Waals surface area contributed by atoms with Crippen LogP contribution in [0.5, 0.6) is 0 Å². The van der Waals surface area contributed by atoms with Gasteiger partial charge in [-0.25, -0.2) is 4.98 Å². The van der Waals surface area contributed by atoms with Gasteiger partial charge in [-0.05, 0) is 63.1 Å². The monoisotopic (exact) mass is 474 g/mol. The van der Waals surface area contributed by atoms with Gasteiger partial charge < -0.3 is 20.3 Å². The summed E-state index contributed by atoms with van der Waals surface area (Å²) in [6.07, 6.45) is 5.68. The number of hydrogen-bond donors (Lipinski definition) is 3. The third-order valence-corrected chi connectivity index (χ3v) is 7.56. The molecule has 1 saturated carbocycles. The third-order valence-electron chi connectivity index (χ3n) is 7.56. The van der Waals surface area contributed by atoms with E-state index in [9.17, 15) is 14.7 Å². The van der Waals surface area contributed by atoms with Crippen LogP contribution >= 0.6 is 0 Å². The summed E-state index contributed by atoms with van der Waals surface area (Å²) in [6, 6.07) is 14.5. The summed E-state index contributed by atoms with van der Waals surface area (Å²) in [6.45, 7) is 3.73. The molecule has 4 atom stereocenters. The molecule has 35 heavy (non-hydrogen) atoms. The van der Waals surface area contributed by atoms with E-state index in [0.717, 1.165) is 53.8 Å². The number of fused-ring (bicyclic) bond motifs is 3. The van der Waals surface area contributed by atoms with Gasteiger partial charge >= 0.3 is 5.97 Å². The minimum absolute atomic E-state index is 0.0328. The second-order valence-electron chi connectivity index (χ2n) is 10.2. The second kappa shape index (κ2) is 9.72. The molecule has 7 nitrogen and oxygen atoms in total. The number of aromatic nitrogens is 2. The summed E-state index contributed by atoms with van der Waals surface area (Å²) in [4.78, 5) is 29.4. The molecule has 5 rings (SSSR count). The molecule has 4 unspecified atom stereocenters. The second-order valence-corrected chi connectivity index (χ2v) is 10.2. The maximum Gasteiger partial charge on any atom is 0.306 e. The maximum atomic E-state index is 12.3. The number of carbonyl (C=O) groups is 2. The van der Waals surface area contributed by atoms with Gasteiger partial charge in [-0.2, -0.15) is 0 Å². The predicted molar refractivity (Wildman–Crippen MR) is 136 cm³/mol. The highest BCUT2D eigenvalue weighted by Crippen LogP contribution is 2.40. The molecule has 2 aliphatic rings. The standard InChI is InChI=1S/C28H34N4O3/c1-17-11-12-22-23(29-17)13-14-25-26(22)31-27(32(25)21-10-6-9-20(16-21)28(34)35)24(30-18(2)33)15-19-7-4-3-5-8-19/h3-5,7-8,13-14,17,20-21,24,29H,6,9-12,15-16H2,1-2H3,(H,30,33)(H,34,35). The fourth-order valence-corrected chi connectivity index (χ4v) is 5.88. The van der Waals surface area contributed by atoms with E-state index in [-0.39, 0.29) is 23.9 Å². The number of amides is 1. The Kier molecular flexibility index (Phi) is 6.50. The average molecular weight is 475 g/mol. The largest absolute Gasteiger partial charge is 0.481 e. The molecule has 1 amide bonds. The summed E-state index contributed by atoms with van der Waals surface area (Å²) in [7, 11) is 0. The molecule has 7 heteroatoms. The van der Waals surface area contributed by atoms with E-state index in [2.05, 4.69) is 46.4 Å². The van der Waals surface area contributed by atoms with Crippen molar-refractivity contribution in [1.82, 2.24) is 14.9 Å². The zero-order chi connectivity index (χ0) is 24.5. The molecule has 1 aliphatic heterocycles. The first kappa shape index (κ1) is 23.4. The number of nitrogens with one attached hydrogen (secondary N) is 2. The number of hydrogen-bond acceptors (Lipinski definition) is 4. The summed E-state index contributed by atoms with van der Waals surface area (Å²) < 4.78 is 2.26. The van der Waals surface area contributed by atoms with Crippen LogP contribution in [0.3, 0.4) is 0 Å². The quantitative estimate of drug-likeness (QED) is 0.466. The average Bonchev–Trinajstić information content (AvgIpc) is 3.24. The number of carboxylic acids is 1. The number of rotatable bonds is 6. The van der Waals surface area contributed by atoms with Crippen molar-refractivity contribution in [2.24, 2.45) is 5.92 Å². The minimum atomic E-state index is -0.723. The number of aliphatic carboxylic acids is 1. The van der Waals surface area contributed by atoms with Crippen LogP contribution in [0.25, 0.3) is 11.0 Å². The normalized spacial score (nSPS) is 22.7. The maximum absolute atomic E-state index is 12.3. The van der Waals surface area contributed by atoms with Crippen LogP contribution in [0.2, 0.25) is 0 Å². The molecule has 0 saturated heterocycles. The highest BCUT2D eigenvalue weighted by atomic mass is 16.4. The van der Waals surface area contributed by atoms with E-state index < -0.39 is 5.97 Å². The molecule has 0 bridgehead atoms. The van der Waals surface area contributed by atoms with Crippen molar-refractivity contribution in [3.05, 3.63) is 59.4 Å². The van der Waals surface area contributed by atoms with Crippen LogP contribution in [-0.4, -0.2) is 32.6 Å². The van der Waals surface area contributed by atoms with E-state index >= 15 is 0 Å². The highest BCUT2D eigenvalue weighted by molar-refractivity contribution is 5.86. The fourth-order valence-electron chi connectivity index (χ4n) is 5.88. The van der Waals surface area contributed by atoms with E-state index in [1.54, 1.807) is 6.92 Å². The number of nitrogens with zero attached hydrogens (tertiary/aromatic N) is 2. The zero-order valence-corrected chi connectivity index (χ0v) is 20.5. The SMILES string of the molecule is CC(=O)NC(Cc1ccccc1)c1nc2c3c(ccc2n1C1CCCC(C(=O)O)C1)NC(C)CC3.